The molecule has 41 heavy (non-hydrogen) atoms. The molecule has 0 aromatic heterocycles. The number of amides is 3. The molecule has 0 bridgehead atoms. The molecule has 0 aliphatic carbocycles. The Morgan fingerprint density at radius 3 is 2.29 bits per heavy atom. The molecule has 1 unspecified atom stereocenters. The van der Waals surface area contributed by atoms with E-state index in [2.05, 4.69) is 31.9 Å². The van der Waals surface area contributed by atoms with Crippen LogP contribution in [-0.4, -0.2) is 23.0 Å². The zero-order valence-corrected chi connectivity index (χ0v) is 25.4. The molecule has 3 amide bonds. The molecule has 0 heterocycles. The maximum Gasteiger partial charge on any atom is 0.272 e. The van der Waals surface area contributed by atoms with Crippen molar-refractivity contribution < 1.29 is 14.4 Å². The molecule has 0 radical (unpaired) electrons. The predicted octanol–water partition coefficient (Wildman–Crippen LogP) is 7.94. The summed E-state index contributed by atoms with van der Waals surface area (Å²) in [6.07, 6.45) is 1.62. The van der Waals surface area contributed by atoms with E-state index in [4.69, 9.17) is 11.6 Å². The van der Waals surface area contributed by atoms with Gasteiger partial charge in [-0.3, -0.25) is 14.4 Å². The van der Waals surface area contributed by atoms with E-state index in [1.807, 2.05) is 62.4 Å². The standard InChI is InChI=1S/C32H27BrClN3O3S/c1-20-27(34)12-7-13-28(20)36-30(38)21(2)41-26-16-14-25(15-17-26)35-32(40)29(19-22-8-6-11-24(33)18-22)37-31(39)23-9-4-3-5-10-23/h3-19,21H,1-2H3,(H,35,40)(H,36,38)(H,37,39)/b29-19-. The van der Waals surface area contributed by atoms with Gasteiger partial charge in [-0.1, -0.05) is 63.9 Å². The average molecular weight is 649 g/mol. The van der Waals surface area contributed by atoms with Crippen molar-refractivity contribution in [2.45, 2.75) is 24.0 Å². The first kappa shape index (κ1) is 30.1. The van der Waals surface area contributed by atoms with Crippen molar-refractivity contribution in [1.29, 1.82) is 0 Å². The van der Waals surface area contributed by atoms with Crippen molar-refractivity contribution in [2.24, 2.45) is 0 Å². The zero-order valence-electron chi connectivity index (χ0n) is 22.3. The third-order valence-corrected chi connectivity index (χ3v) is 8.02. The minimum Gasteiger partial charge on any atom is -0.325 e. The van der Waals surface area contributed by atoms with Crippen LogP contribution in [0.3, 0.4) is 0 Å². The minimum absolute atomic E-state index is 0.0945. The van der Waals surface area contributed by atoms with Crippen LogP contribution in [-0.2, 0) is 9.59 Å². The lowest BCUT2D eigenvalue weighted by Crippen LogP contribution is -2.30. The Labute approximate surface area is 256 Å². The summed E-state index contributed by atoms with van der Waals surface area (Å²) >= 11 is 11.0. The number of nitrogens with one attached hydrogen (secondary N) is 3. The number of rotatable bonds is 9. The number of thioether (sulfide) groups is 1. The van der Waals surface area contributed by atoms with E-state index in [9.17, 15) is 14.4 Å². The zero-order chi connectivity index (χ0) is 29.4. The van der Waals surface area contributed by atoms with E-state index in [0.717, 1.165) is 20.5 Å². The Kier molecular flexibility index (Phi) is 10.4. The van der Waals surface area contributed by atoms with Gasteiger partial charge in [0.1, 0.15) is 5.70 Å². The highest BCUT2D eigenvalue weighted by atomic mass is 79.9. The van der Waals surface area contributed by atoms with Crippen LogP contribution in [0.1, 0.15) is 28.4 Å². The summed E-state index contributed by atoms with van der Waals surface area (Å²) in [7, 11) is 0. The second-order valence-corrected chi connectivity index (χ2v) is 11.8. The third-order valence-electron chi connectivity index (χ3n) is 6.01. The van der Waals surface area contributed by atoms with Gasteiger partial charge in [0, 0.05) is 31.3 Å². The van der Waals surface area contributed by atoms with E-state index in [-0.39, 0.29) is 16.9 Å². The van der Waals surface area contributed by atoms with Gasteiger partial charge in [-0.25, -0.2) is 0 Å². The van der Waals surface area contributed by atoms with Gasteiger partial charge < -0.3 is 16.0 Å². The number of hydrogen-bond acceptors (Lipinski definition) is 4. The minimum atomic E-state index is -0.473. The molecule has 1 atom stereocenters. The molecule has 9 heteroatoms. The summed E-state index contributed by atoms with van der Waals surface area (Å²) in [5, 5.41) is 8.73. The Morgan fingerprint density at radius 2 is 1.59 bits per heavy atom. The van der Waals surface area contributed by atoms with Crippen LogP contribution in [0.4, 0.5) is 11.4 Å². The SMILES string of the molecule is Cc1c(Cl)cccc1NC(=O)C(C)Sc1ccc(NC(=O)/C(=C/c2cccc(Br)c2)NC(=O)c2ccccc2)cc1. The lowest BCUT2D eigenvalue weighted by molar-refractivity contribution is -0.115. The monoisotopic (exact) mass is 647 g/mol. The van der Waals surface area contributed by atoms with Crippen molar-refractivity contribution in [3.63, 3.8) is 0 Å². The molecule has 0 aliphatic rings. The van der Waals surface area contributed by atoms with E-state index in [1.54, 1.807) is 54.6 Å². The van der Waals surface area contributed by atoms with Crippen LogP contribution >= 0.6 is 39.3 Å². The fourth-order valence-electron chi connectivity index (χ4n) is 3.76. The largest absolute Gasteiger partial charge is 0.325 e. The summed E-state index contributed by atoms with van der Waals surface area (Å²) in [6, 6.07) is 28.6. The van der Waals surface area contributed by atoms with Crippen LogP contribution in [0.2, 0.25) is 5.02 Å². The molecule has 4 aromatic carbocycles. The second kappa shape index (κ2) is 14.2. The lowest BCUT2D eigenvalue weighted by atomic mass is 10.1. The number of carbonyl (C=O) groups excluding carboxylic acids is 3. The third kappa shape index (κ3) is 8.57. The average Bonchev–Trinajstić information content (AvgIpc) is 2.96. The molecule has 0 saturated carbocycles. The van der Waals surface area contributed by atoms with Crippen molar-refractivity contribution >= 4 is 74.5 Å². The van der Waals surface area contributed by atoms with Crippen LogP contribution in [0.15, 0.2) is 112 Å². The van der Waals surface area contributed by atoms with Gasteiger partial charge in [0.25, 0.3) is 11.8 Å². The van der Waals surface area contributed by atoms with Gasteiger partial charge >= 0.3 is 0 Å². The maximum absolute atomic E-state index is 13.3. The number of benzene rings is 4. The molecule has 0 aliphatic heterocycles. The molecule has 0 saturated heterocycles. The van der Waals surface area contributed by atoms with Gasteiger partial charge in [-0.15, -0.1) is 11.8 Å². The first-order valence-electron chi connectivity index (χ1n) is 12.7. The van der Waals surface area contributed by atoms with Gasteiger partial charge in [0.2, 0.25) is 5.91 Å². The maximum atomic E-state index is 13.3. The Bertz CT molecular complexity index is 1590. The molecule has 4 aromatic rings. The van der Waals surface area contributed by atoms with E-state index >= 15 is 0 Å². The summed E-state index contributed by atoms with van der Waals surface area (Å²) in [5.41, 5.74) is 3.31. The summed E-state index contributed by atoms with van der Waals surface area (Å²) in [4.78, 5) is 39.7. The predicted molar refractivity (Wildman–Crippen MR) is 171 cm³/mol. The van der Waals surface area contributed by atoms with Gasteiger partial charge in [0.05, 0.1) is 5.25 Å². The number of halogens is 2. The van der Waals surface area contributed by atoms with E-state index in [0.29, 0.717) is 22.0 Å². The molecule has 0 fully saturated rings. The smallest absolute Gasteiger partial charge is 0.272 e. The topological polar surface area (TPSA) is 87.3 Å². The van der Waals surface area contributed by atoms with Crippen molar-refractivity contribution in [3.05, 3.63) is 129 Å². The Balaban J connectivity index is 1.43. The Hall–Kier alpha value is -3.85. The second-order valence-electron chi connectivity index (χ2n) is 9.07. The Morgan fingerprint density at radius 1 is 0.878 bits per heavy atom. The van der Waals surface area contributed by atoms with Crippen LogP contribution < -0.4 is 16.0 Å². The first-order chi connectivity index (χ1) is 19.7. The van der Waals surface area contributed by atoms with Gasteiger partial charge in [-0.2, -0.15) is 0 Å². The van der Waals surface area contributed by atoms with Crippen molar-refractivity contribution in [1.82, 2.24) is 5.32 Å². The molecule has 6 nitrogen and oxygen atoms in total. The van der Waals surface area contributed by atoms with Crippen molar-refractivity contribution in [2.75, 3.05) is 10.6 Å². The number of anilines is 2. The molecule has 4 rings (SSSR count). The quantitative estimate of drug-likeness (QED) is 0.127. The van der Waals surface area contributed by atoms with Crippen LogP contribution in [0.5, 0.6) is 0 Å². The first-order valence-corrected chi connectivity index (χ1v) is 14.7. The number of hydrogen-bond donors (Lipinski definition) is 3. The fraction of sp³-hybridized carbons (Fsp3) is 0.0938. The molecule has 3 N–H and O–H groups in total. The number of carbonyl (C=O) groups is 3. The highest BCUT2D eigenvalue weighted by molar-refractivity contribution is 9.10. The van der Waals surface area contributed by atoms with E-state index in [1.165, 1.54) is 11.8 Å². The highest BCUT2D eigenvalue weighted by Crippen LogP contribution is 2.28. The van der Waals surface area contributed by atoms with Gasteiger partial charge in [0.15, 0.2) is 0 Å². The van der Waals surface area contributed by atoms with Crippen LogP contribution in [0, 0.1) is 6.92 Å². The highest BCUT2D eigenvalue weighted by Gasteiger charge is 2.17. The summed E-state index contributed by atoms with van der Waals surface area (Å²) in [5.74, 6) is -1.01. The summed E-state index contributed by atoms with van der Waals surface area (Å²) in [6.45, 7) is 3.68. The molecule has 0 spiro atoms. The molecule has 208 valence electrons. The summed E-state index contributed by atoms with van der Waals surface area (Å²) < 4.78 is 0.846. The fourth-order valence-corrected chi connectivity index (χ4v) is 5.21. The van der Waals surface area contributed by atoms with Gasteiger partial charge in [-0.05, 0) is 91.7 Å². The van der Waals surface area contributed by atoms with E-state index < -0.39 is 11.8 Å². The normalized spacial score (nSPS) is 11.9. The van der Waals surface area contributed by atoms with Crippen LogP contribution in [0.25, 0.3) is 6.08 Å². The molecular weight excluding hydrogens is 622 g/mol. The lowest BCUT2D eigenvalue weighted by Gasteiger charge is -2.15. The molecular formula is C32H27BrClN3O3S. The van der Waals surface area contributed by atoms with Crippen molar-refractivity contribution in [3.8, 4) is 0 Å².